The molecule has 0 aliphatic carbocycles. The second-order valence-corrected chi connectivity index (χ2v) is 7.38. The summed E-state index contributed by atoms with van der Waals surface area (Å²) < 4.78 is 18.8. The summed E-state index contributed by atoms with van der Waals surface area (Å²) in [5.41, 5.74) is 0.973. The van der Waals surface area contributed by atoms with Crippen LogP contribution >= 0.6 is 0 Å². The zero-order chi connectivity index (χ0) is 19.7. The smallest absolute Gasteiger partial charge is 0.191 e. The maximum atomic E-state index is 13.2. The van der Waals surface area contributed by atoms with Gasteiger partial charge in [-0.05, 0) is 51.6 Å². The molecule has 2 atom stereocenters. The summed E-state index contributed by atoms with van der Waals surface area (Å²) in [6.07, 6.45) is 1.62. The lowest BCUT2D eigenvalue weighted by Crippen LogP contribution is -2.42. The van der Waals surface area contributed by atoms with Crippen molar-refractivity contribution in [2.24, 2.45) is 10.4 Å². The average Bonchev–Trinajstić information content (AvgIpc) is 3.10. The Kier molecular flexibility index (Phi) is 8.47. The van der Waals surface area contributed by atoms with Gasteiger partial charge in [0.1, 0.15) is 5.82 Å². The molecule has 1 fully saturated rings. The summed E-state index contributed by atoms with van der Waals surface area (Å²) in [7, 11) is 4.01. The van der Waals surface area contributed by atoms with Crippen LogP contribution in [0.15, 0.2) is 29.3 Å². The van der Waals surface area contributed by atoms with Gasteiger partial charge in [0.05, 0.1) is 19.2 Å². The number of nitrogens with one attached hydrogen (secondary N) is 2. The van der Waals surface area contributed by atoms with Gasteiger partial charge >= 0.3 is 0 Å². The Labute approximate surface area is 161 Å². The molecule has 1 saturated heterocycles. The lowest BCUT2D eigenvalue weighted by molar-refractivity contribution is 0.131. The van der Waals surface area contributed by atoms with Crippen molar-refractivity contribution in [3.05, 3.63) is 35.6 Å². The predicted molar refractivity (Wildman–Crippen MR) is 106 cm³/mol. The third kappa shape index (κ3) is 6.45. The van der Waals surface area contributed by atoms with Crippen LogP contribution in [-0.4, -0.2) is 69.5 Å². The molecule has 2 unspecified atom stereocenters. The quantitative estimate of drug-likeness (QED) is 0.450. The van der Waals surface area contributed by atoms with Crippen LogP contribution in [-0.2, 0) is 4.74 Å². The molecular formula is C20H33FN4O2. The van der Waals surface area contributed by atoms with E-state index in [4.69, 9.17) is 9.73 Å². The Hall–Kier alpha value is -1.70. The highest BCUT2D eigenvalue weighted by molar-refractivity contribution is 5.79. The van der Waals surface area contributed by atoms with Crippen molar-refractivity contribution in [2.45, 2.75) is 25.8 Å². The van der Waals surface area contributed by atoms with Crippen LogP contribution in [0.2, 0.25) is 0 Å². The number of aliphatic imine (C=N–C) groups is 1. The van der Waals surface area contributed by atoms with Crippen LogP contribution in [0.5, 0.6) is 0 Å². The molecule has 7 heteroatoms. The van der Waals surface area contributed by atoms with E-state index in [-0.39, 0.29) is 23.9 Å². The highest BCUT2D eigenvalue weighted by atomic mass is 19.1. The summed E-state index contributed by atoms with van der Waals surface area (Å²) >= 11 is 0. The Bertz CT molecular complexity index is 586. The third-order valence-electron chi connectivity index (χ3n) is 5.08. The van der Waals surface area contributed by atoms with Crippen LogP contribution in [0.1, 0.15) is 31.4 Å². The van der Waals surface area contributed by atoms with E-state index in [1.54, 1.807) is 0 Å². The lowest BCUT2D eigenvalue weighted by atomic mass is 9.84. The van der Waals surface area contributed by atoms with Crippen molar-refractivity contribution in [1.82, 2.24) is 15.5 Å². The number of aliphatic hydroxyl groups is 1. The first-order chi connectivity index (χ1) is 13.0. The molecule has 1 aromatic carbocycles. The van der Waals surface area contributed by atoms with Crippen LogP contribution < -0.4 is 10.6 Å². The summed E-state index contributed by atoms with van der Waals surface area (Å²) in [6.45, 7) is 5.58. The molecule has 1 heterocycles. The van der Waals surface area contributed by atoms with E-state index >= 15 is 0 Å². The zero-order valence-corrected chi connectivity index (χ0v) is 16.7. The number of hydrogen-bond donors (Lipinski definition) is 3. The number of nitrogens with zero attached hydrogens (tertiary/aromatic N) is 2. The molecule has 0 spiro atoms. The molecule has 152 valence electrons. The topological polar surface area (TPSA) is 69.1 Å². The first-order valence-corrected chi connectivity index (χ1v) is 9.62. The van der Waals surface area contributed by atoms with Gasteiger partial charge < -0.3 is 25.4 Å². The fourth-order valence-corrected chi connectivity index (χ4v) is 3.35. The summed E-state index contributed by atoms with van der Waals surface area (Å²) in [6, 6.07) is 6.71. The molecule has 27 heavy (non-hydrogen) atoms. The predicted octanol–water partition coefficient (Wildman–Crippen LogP) is 1.77. The number of halogens is 1. The number of aliphatic hydroxyl groups excluding tert-OH is 1. The Morgan fingerprint density at radius 2 is 2.07 bits per heavy atom. The Morgan fingerprint density at radius 1 is 1.33 bits per heavy atom. The minimum atomic E-state index is -0.230. The summed E-state index contributed by atoms with van der Waals surface area (Å²) in [5, 5.41) is 16.1. The van der Waals surface area contributed by atoms with E-state index in [9.17, 15) is 9.50 Å². The first-order valence-electron chi connectivity index (χ1n) is 9.62. The van der Waals surface area contributed by atoms with Gasteiger partial charge in [0.25, 0.3) is 0 Å². The van der Waals surface area contributed by atoms with Gasteiger partial charge in [0.2, 0.25) is 0 Å². The number of likely N-dealkylation sites (N-methyl/N-ethyl adjacent to an activating group) is 1. The summed E-state index contributed by atoms with van der Waals surface area (Å²) in [5.74, 6) is 0.516. The number of hydrogen-bond acceptors (Lipinski definition) is 4. The molecule has 1 aromatic rings. The monoisotopic (exact) mass is 380 g/mol. The normalized spacial score (nSPS) is 21.5. The van der Waals surface area contributed by atoms with Crippen molar-refractivity contribution < 1.29 is 14.2 Å². The van der Waals surface area contributed by atoms with Gasteiger partial charge in [0.15, 0.2) is 5.96 Å². The molecule has 1 aliphatic rings. The van der Waals surface area contributed by atoms with Crippen molar-refractivity contribution in [1.29, 1.82) is 0 Å². The highest BCUT2D eigenvalue weighted by Crippen LogP contribution is 2.32. The van der Waals surface area contributed by atoms with Gasteiger partial charge in [-0.2, -0.15) is 0 Å². The molecule has 1 aliphatic heterocycles. The van der Waals surface area contributed by atoms with Crippen molar-refractivity contribution in [3.8, 4) is 0 Å². The van der Waals surface area contributed by atoms with Crippen molar-refractivity contribution in [3.63, 3.8) is 0 Å². The average molecular weight is 381 g/mol. The van der Waals surface area contributed by atoms with Gasteiger partial charge in [-0.15, -0.1) is 0 Å². The molecule has 2 rings (SSSR count). The van der Waals surface area contributed by atoms with E-state index in [0.29, 0.717) is 26.1 Å². The minimum Gasteiger partial charge on any atom is -0.396 e. The van der Waals surface area contributed by atoms with Gasteiger partial charge in [-0.25, -0.2) is 4.39 Å². The maximum absolute atomic E-state index is 13.2. The first kappa shape index (κ1) is 21.6. The second-order valence-electron chi connectivity index (χ2n) is 7.38. The number of ether oxygens (including phenoxy) is 1. The van der Waals surface area contributed by atoms with Gasteiger partial charge in [0, 0.05) is 31.7 Å². The Morgan fingerprint density at radius 3 is 2.63 bits per heavy atom. The summed E-state index contributed by atoms with van der Waals surface area (Å²) in [4.78, 5) is 6.85. The fourth-order valence-electron chi connectivity index (χ4n) is 3.35. The molecule has 3 N–H and O–H groups in total. The number of guanidine groups is 1. The SMILES string of the molecule is CCNC(=NCC1(CCO)CCOC1)NCC(c1ccc(F)cc1)N(C)C. The van der Waals surface area contributed by atoms with E-state index in [1.807, 2.05) is 33.2 Å². The standard InChI is InChI=1S/C20H33FN4O2/c1-4-22-19(24-14-20(9-11-26)10-12-27-15-20)23-13-18(25(2)3)16-5-7-17(21)8-6-16/h5-8,18,26H,4,9-15H2,1-3H3,(H2,22,23,24). The zero-order valence-electron chi connectivity index (χ0n) is 16.7. The van der Waals surface area contributed by atoms with Crippen LogP contribution in [0.3, 0.4) is 0 Å². The number of benzene rings is 1. The lowest BCUT2D eigenvalue weighted by Gasteiger charge is -2.27. The van der Waals surface area contributed by atoms with Crippen LogP contribution in [0.4, 0.5) is 4.39 Å². The molecule has 0 bridgehead atoms. The molecule has 0 radical (unpaired) electrons. The molecule has 0 amide bonds. The van der Waals surface area contributed by atoms with Gasteiger partial charge in [-0.3, -0.25) is 4.99 Å². The van der Waals surface area contributed by atoms with Crippen LogP contribution in [0, 0.1) is 11.2 Å². The maximum Gasteiger partial charge on any atom is 0.191 e. The van der Waals surface area contributed by atoms with E-state index < -0.39 is 0 Å². The van der Waals surface area contributed by atoms with Gasteiger partial charge in [-0.1, -0.05) is 12.1 Å². The number of rotatable bonds is 9. The van der Waals surface area contributed by atoms with Crippen molar-refractivity contribution >= 4 is 5.96 Å². The van der Waals surface area contributed by atoms with Crippen LogP contribution in [0.25, 0.3) is 0 Å². The molecular weight excluding hydrogens is 347 g/mol. The fraction of sp³-hybridized carbons (Fsp3) is 0.650. The largest absolute Gasteiger partial charge is 0.396 e. The van der Waals surface area contributed by atoms with E-state index in [2.05, 4.69) is 15.5 Å². The molecule has 0 saturated carbocycles. The third-order valence-corrected chi connectivity index (χ3v) is 5.08. The second kappa shape index (κ2) is 10.6. The van der Waals surface area contributed by atoms with E-state index in [1.165, 1.54) is 12.1 Å². The van der Waals surface area contributed by atoms with Crippen molar-refractivity contribution in [2.75, 3.05) is 53.6 Å². The molecule has 0 aromatic heterocycles. The van der Waals surface area contributed by atoms with E-state index in [0.717, 1.165) is 31.1 Å². The minimum absolute atomic E-state index is 0.0744. The Balaban J connectivity index is 2.03. The molecule has 6 nitrogen and oxygen atoms in total. The highest BCUT2D eigenvalue weighted by Gasteiger charge is 2.34.